The van der Waals surface area contributed by atoms with Crippen LogP contribution in [-0.2, 0) is 6.18 Å². The summed E-state index contributed by atoms with van der Waals surface area (Å²) in [6.45, 7) is -1.34. The molecule has 0 radical (unpaired) electrons. The van der Waals surface area contributed by atoms with Gasteiger partial charge in [0.15, 0.2) is 0 Å². The quantitative estimate of drug-likeness (QED) is 0.610. The predicted molar refractivity (Wildman–Crippen MR) is 60.7 cm³/mol. The van der Waals surface area contributed by atoms with Gasteiger partial charge in [-0.05, 0) is 25.0 Å². The average molecular weight is 319 g/mol. The summed E-state index contributed by atoms with van der Waals surface area (Å²) in [7, 11) is 0. The van der Waals surface area contributed by atoms with E-state index in [1.54, 1.807) is 0 Å². The molecule has 1 aromatic heterocycles. The first-order chi connectivity index (χ1) is 9.06. The van der Waals surface area contributed by atoms with Crippen molar-refractivity contribution in [2.24, 2.45) is 0 Å². The van der Waals surface area contributed by atoms with Crippen LogP contribution in [0.1, 0.15) is 18.4 Å². The van der Waals surface area contributed by atoms with Gasteiger partial charge in [0, 0.05) is 6.04 Å². The molecule has 0 aliphatic heterocycles. The van der Waals surface area contributed by atoms with Crippen molar-refractivity contribution in [2.45, 2.75) is 31.2 Å². The highest BCUT2D eigenvalue weighted by Crippen LogP contribution is 2.37. The highest BCUT2D eigenvalue weighted by atomic mass is 35.5. The van der Waals surface area contributed by atoms with E-state index in [1.165, 1.54) is 0 Å². The van der Waals surface area contributed by atoms with Gasteiger partial charge < -0.3 is 4.90 Å². The van der Waals surface area contributed by atoms with Gasteiger partial charge >= 0.3 is 12.4 Å². The summed E-state index contributed by atoms with van der Waals surface area (Å²) >= 11 is 5.48. The molecule has 0 bridgehead atoms. The van der Waals surface area contributed by atoms with Gasteiger partial charge in [-0.15, -0.1) is 0 Å². The van der Waals surface area contributed by atoms with Gasteiger partial charge in [0.2, 0.25) is 0 Å². The number of halogens is 7. The molecule has 1 aromatic rings. The number of hydrogen-bond donors (Lipinski definition) is 0. The lowest BCUT2D eigenvalue weighted by molar-refractivity contribution is -0.137. The fourth-order valence-electron chi connectivity index (χ4n) is 1.77. The van der Waals surface area contributed by atoms with Crippen LogP contribution >= 0.6 is 11.6 Å². The third-order valence-corrected chi connectivity index (χ3v) is 2.93. The van der Waals surface area contributed by atoms with E-state index >= 15 is 0 Å². The third-order valence-electron chi connectivity index (χ3n) is 2.74. The summed E-state index contributed by atoms with van der Waals surface area (Å²) in [6.07, 6.45) is -8.23. The lowest BCUT2D eigenvalue weighted by atomic mass is 10.2. The molecule has 20 heavy (non-hydrogen) atoms. The first-order valence-corrected chi connectivity index (χ1v) is 6.02. The smallest absolute Gasteiger partial charge is 0.344 e. The van der Waals surface area contributed by atoms with Crippen LogP contribution in [0.4, 0.5) is 32.2 Å². The molecular formula is C11H9ClF6N2. The zero-order valence-corrected chi connectivity index (χ0v) is 10.6. The van der Waals surface area contributed by atoms with E-state index in [-0.39, 0.29) is 0 Å². The van der Waals surface area contributed by atoms with E-state index in [0.717, 1.165) is 4.90 Å². The minimum atomic E-state index is -4.69. The molecule has 1 heterocycles. The Morgan fingerprint density at radius 2 is 1.75 bits per heavy atom. The van der Waals surface area contributed by atoms with Crippen molar-refractivity contribution in [3.8, 4) is 0 Å². The molecule has 0 amide bonds. The molecule has 9 heteroatoms. The zero-order chi connectivity index (χ0) is 15.1. The molecule has 0 aromatic carbocycles. The summed E-state index contributed by atoms with van der Waals surface area (Å²) in [5.74, 6) is -0.398. The summed E-state index contributed by atoms with van der Waals surface area (Å²) in [5, 5.41) is -0.484. The number of aromatic nitrogens is 1. The van der Waals surface area contributed by atoms with Gasteiger partial charge in [-0.3, -0.25) is 0 Å². The topological polar surface area (TPSA) is 16.1 Å². The SMILES string of the molecule is FC(F)(F)CN(c1cc(C(F)(F)F)cc(Cl)n1)C1CC1. The molecule has 0 atom stereocenters. The Bertz CT molecular complexity index is 495. The summed E-state index contributed by atoms with van der Waals surface area (Å²) in [6, 6.07) is 0.739. The molecule has 0 N–H and O–H groups in total. The van der Waals surface area contributed by atoms with Crippen molar-refractivity contribution in [3.63, 3.8) is 0 Å². The molecule has 0 saturated heterocycles. The molecule has 1 aliphatic carbocycles. The van der Waals surface area contributed by atoms with Gasteiger partial charge in [0.25, 0.3) is 0 Å². The maximum Gasteiger partial charge on any atom is 0.416 e. The maximum atomic E-state index is 12.6. The predicted octanol–water partition coefficient (Wildman–Crippen LogP) is 4.28. The van der Waals surface area contributed by atoms with Crippen molar-refractivity contribution < 1.29 is 26.3 Å². The molecule has 1 aliphatic rings. The standard InChI is InChI=1S/C11H9ClF6N2/c12-8-3-6(11(16,17)18)4-9(19-8)20(7-1-2-7)5-10(13,14)15/h3-4,7H,1-2,5H2. The fraction of sp³-hybridized carbons (Fsp3) is 0.545. The van der Waals surface area contributed by atoms with Crippen LogP contribution in [0.5, 0.6) is 0 Å². The van der Waals surface area contributed by atoms with E-state index in [4.69, 9.17) is 11.6 Å². The summed E-state index contributed by atoms with van der Waals surface area (Å²) < 4.78 is 75.4. The minimum absolute atomic E-state index is 0.398. The number of anilines is 1. The van der Waals surface area contributed by atoms with Crippen LogP contribution in [0.2, 0.25) is 5.15 Å². The molecule has 2 rings (SSSR count). The Labute approximate surface area is 115 Å². The lowest BCUT2D eigenvalue weighted by Gasteiger charge is -2.25. The monoisotopic (exact) mass is 318 g/mol. The summed E-state index contributed by atoms with van der Waals surface area (Å²) in [5.41, 5.74) is -1.11. The number of rotatable bonds is 3. The van der Waals surface area contributed by atoms with E-state index in [2.05, 4.69) is 4.98 Å². The first-order valence-electron chi connectivity index (χ1n) is 5.64. The molecule has 1 fully saturated rings. The van der Waals surface area contributed by atoms with Gasteiger partial charge in [0.05, 0.1) is 5.56 Å². The van der Waals surface area contributed by atoms with Crippen LogP contribution in [0.15, 0.2) is 12.1 Å². The van der Waals surface area contributed by atoms with Crippen molar-refractivity contribution in [2.75, 3.05) is 11.4 Å². The third kappa shape index (κ3) is 3.91. The fourth-order valence-corrected chi connectivity index (χ4v) is 1.97. The normalized spacial score (nSPS) is 16.4. The number of pyridine rings is 1. The van der Waals surface area contributed by atoms with Crippen LogP contribution in [-0.4, -0.2) is 23.7 Å². The summed E-state index contributed by atoms with van der Waals surface area (Å²) in [4.78, 5) is 4.41. The van der Waals surface area contributed by atoms with Gasteiger partial charge in [0.1, 0.15) is 17.5 Å². The van der Waals surface area contributed by atoms with E-state index in [9.17, 15) is 26.3 Å². The highest BCUT2D eigenvalue weighted by molar-refractivity contribution is 6.29. The number of alkyl halides is 6. The Balaban J connectivity index is 2.36. The van der Waals surface area contributed by atoms with Crippen LogP contribution in [0.3, 0.4) is 0 Å². The Morgan fingerprint density at radius 1 is 1.15 bits per heavy atom. The van der Waals surface area contributed by atoms with Crippen LogP contribution < -0.4 is 4.90 Å². The molecule has 1 saturated carbocycles. The van der Waals surface area contributed by atoms with Crippen LogP contribution in [0, 0.1) is 0 Å². The zero-order valence-electron chi connectivity index (χ0n) is 9.89. The maximum absolute atomic E-state index is 12.6. The second-order valence-electron chi connectivity index (χ2n) is 4.51. The van der Waals surface area contributed by atoms with Crippen LogP contribution in [0.25, 0.3) is 0 Å². The molecule has 0 spiro atoms. The number of nitrogens with zero attached hydrogens (tertiary/aromatic N) is 2. The Hall–Kier alpha value is -1.18. The first kappa shape index (κ1) is 15.2. The van der Waals surface area contributed by atoms with Crippen molar-refractivity contribution in [3.05, 3.63) is 22.8 Å². The van der Waals surface area contributed by atoms with E-state index < -0.39 is 41.5 Å². The minimum Gasteiger partial charge on any atom is -0.344 e. The number of hydrogen-bond acceptors (Lipinski definition) is 2. The molecule has 2 nitrogen and oxygen atoms in total. The Morgan fingerprint density at radius 3 is 2.20 bits per heavy atom. The van der Waals surface area contributed by atoms with Gasteiger partial charge in [-0.1, -0.05) is 11.6 Å². The lowest BCUT2D eigenvalue weighted by Crippen LogP contribution is -2.36. The Kier molecular flexibility index (Phi) is 3.79. The van der Waals surface area contributed by atoms with E-state index in [1.807, 2.05) is 0 Å². The van der Waals surface area contributed by atoms with Crippen molar-refractivity contribution in [1.82, 2.24) is 4.98 Å². The van der Waals surface area contributed by atoms with Gasteiger partial charge in [-0.2, -0.15) is 26.3 Å². The second-order valence-corrected chi connectivity index (χ2v) is 4.90. The van der Waals surface area contributed by atoms with E-state index in [0.29, 0.717) is 25.0 Å². The molecule has 112 valence electrons. The second kappa shape index (κ2) is 4.98. The average Bonchev–Trinajstić information content (AvgIpc) is 3.06. The highest BCUT2D eigenvalue weighted by Gasteiger charge is 2.40. The molecular weight excluding hydrogens is 310 g/mol. The largest absolute Gasteiger partial charge is 0.416 e. The van der Waals surface area contributed by atoms with Gasteiger partial charge in [-0.25, -0.2) is 4.98 Å². The van der Waals surface area contributed by atoms with Crippen molar-refractivity contribution >= 4 is 17.4 Å². The molecule has 0 unspecified atom stereocenters. The van der Waals surface area contributed by atoms with Crippen molar-refractivity contribution in [1.29, 1.82) is 0 Å².